The molecule has 1 saturated heterocycles. The molecule has 1 aromatic rings. The van der Waals surface area contributed by atoms with Gasteiger partial charge in [-0.05, 0) is 37.5 Å². The van der Waals surface area contributed by atoms with Gasteiger partial charge in [0.05, 0.1) is 0 Å². The maximum atomic E-state index is 5.43. The van der Waals surface area contributed by atoms with Gasteiger partial charge in [0.15, 0.2) is 0 Å². The van der Waals surface area contributed by atoms with Gasteiger partial charge in [-0.2, -0.15) is 0 Å². The molecule has 0 bridgehead atoms. The molecule has 1 nitrogen and oxygen atoms in total. The van der Waals surface area contributed by atoms with Gasteiger partial charge in [-0.3, -0.25) is 0 Å². The van der Waals surface area contributed by atoms with E-state index in [0.29, 0.717) is 0 Å². The van der Waals surface area contributed by atoms with Gasteiger partial charge in [-0.15, -0.1) is 0 Å². The van der Waals surface area contributed by atoms with Crippen LogP contribution in [0.4, 0.5) is 0 Å². The molecule has 0 amide bonds. The van der Waals surface area contributed by atoms with Gasteiger partial charge in [0.1, 0.15) is 6.10 Å². The summed E-state index contributed by atoms with van der Waals surface area (Å²) in [4.78, 5) is 0. The van der Waals surface area contributed by atoms with E-state index in [1.165, 1.54) is 5.56 Å². The van der Waals surface area contributed by atoms with E-state index in [1.54, 1.807) is 0 Å². The highest BCUT2D eigenvalue weighted by Crippen LogP contribution is 2.11. The highest BCUT2D eigenvalue weighted by molar-refractivity contribution is 5.37. The minimum Gasteiger partial charge on any atom is -0.366 e. The van der Waals surface area contributed by atoms with Crippen LogP contribution in [-0.2, 0) is 4.74 Å². The van der Waals surface area contributed by atoms with Crippen LogP contribution in [0.5, 0.6) is 0 Å². The van der Waals surface area contributed by atoms with Crippen LogP contribution in [0.2, 0.25) is 0 Å². The first-order chi connectivity index (χ1) is 6.84. The fourth-order valence-electron chi connectivity index (χ4n) is 1.58. The summed E-state index contributed by atoms with van der Waals surface area (Å²) in [5, 5.41) is 0. The van der Waals surface area contributed by atoms with Gasteiger partial charge in [0, 0.05) is 12.2 Å². The van der Waals surface area contributed by atoms with E-state index in [2.05, 4.69) is 30.9 Å². The molecule has 72 valence electrons. The molecular weight excluding hydrogens is 172 g/mol. The molecule has 2 rings (SSSR count). The first-order valence-electron chi connectivity index (χ1n) is 5.04. The summed E-state index contributed by atoms with van der Waals surface area (Å²) in [6.07, 6.45) is 2.39. The van der Waals surface area contributed by atoms with Crippen LogP contribution < -0.4 is 0 Å². The fraction of sp³-hybridized carbons (Fsp3) is 0.385. The van der Waals surface area contributed by atoms with Crippen molar-refractivity contribution in [2.75, 3.05) is 6.61 Å². The largest absolute Gasteiger partial charge is 0.366 e. The van der Waals surface area contributed by atoms with E-state index in [9.17, 15) is 0 Å². The van der Waals surface area contributed by atoms with Crippen molar-refractivity contribution in [2.45, 2.75) is 25.9 Å². The number of hydrogen-bond donors (Lipinski definition) is 0. The molecule has 0 saturated carbocycles. The van der Waals surface area contributed by atoms with Crippen molar-refractivity contribution in [1.82, 2.24) is 0 Å². The van der Waals surface area contributed by atoms with Crippen LogP contribution in [0.1, 0.15) is 24.0 Å². The third kappa shape index (κ3) is 2.37. The lowest BCUT2D eigenvalue weighted by molar-refractivity contribution is 0.152. The molecule has 1 fully saturated rings. The van der Waals surface area contributed by atoms with Crippen molar-refractivity contribution in [3.8, 4) is 11.8 Å². The van der Waals surface area contributed by atoms with Crippen LogP contribution in [-0.4, -0.2) is 12.7 Å². The van der Waals surface area contributed by atoms with E-state index in [0.717, 1.165) is 25.0 Å². The van der Waals surface area contributed by atoms with Crippen molar-refractivity contribution in [3.05, 3.63) is 35.4 Å². The minimum absolute atomic E-state index is 0.163. The molecule has 1 heterocycles. The van der Waals surface area contributed by atoms with Crippen molar-refractivity contribution in [1.29, 1.82) is 0 Å². The van der Waals surface area contributed by atoms with Crippen molar-refractivity contribution < 1.29 is 4.74 Å². The first-order valence-corrected chi connectivity index (χ1v) is 5.04. The topological polar surface area (TPSA) is 9.23 Å². The zero-order chi connectivity index (χ0) is 9.80. The van der Waals surface area contributed by atoms with Crippen LogP contribution in [0.25, 0.3) is 0 Å². The average Bonchev–Trinajstić information content (AvgIpc) is 2.67. The Bertz CT molecular complexity index is 364. The van der Waals surface area contributed by atoms with Crippen LogP contribution in [0, 0.1) is 18.8 Å². The normalized spacial score (nSPS) is 20.2. The molecule has 0 N–H and O–H groups in total. The molecule has 0 aliphatic carbocycles. The quantitative estimate of drug-likeness (QED) is 0.566. The summed E-state index contributed by atoms with van der Waals surface area (Å²) in [5.41, 5.74) is 2.34. The zero-order valence-electron chi connectivity index (χ0n) is 8.42. The molecule has 1 aliphatic rings. The molecule has 0 spiro atoms. The summed E-state index contributed by atoms with van der Waals surface area (Å²) in [6.45, 7) is 2.95. The van der Waals surface area contributed by atoms with Crippen molar-refractivity contribution in [3.63, 3.8) is 0 Å². The Labute approximate surface area is 85.1 Å². The predicted molar refractivity (Wildman–Crippen MR) is 57.0 cm³/mol. The van der Waals surface area contributed by atoms with E-state index in [1.807, 2.05) is 12.1 Å². The standard InChI is InChI=1S/C13H14O/c1-11-4-2-5-12(10-11)7-8-13-6-3-9-14-13/h2,4-5,10,13H,3,6,9H2,1H3. The van der Waals surface area contributed by atoms with Gasteiger partial charge in [-0.1, -0.05) is 24.0 Å². The molecular formula is C13H14O. The number of aryl methyl sites for hydroxylation is 1. The second kappa shape index (κ2) is 4.30. The van der Waals surface area contributed by atoms with Gasteiger partial charge in [0.25, 0.3) is 0 Å². The molecule has 0 aromatic heterocycles. The Morgan fingerprint density at radius 2 is 2.36 bits per heavy atom. The number of ether oxygens (including phenoxy) is 1. The number of benzene rings is 1. The van der Waals surface area contributed by atoms with E-state index >= 15 is 0 Å². The summed E-state index contributed by atoms with van der Waals surface area (Å²) in [6, 6.07) is 8.25. The third-order valence-electron chi connectivity index (χ3n) is 2.33. The van der Waals surface area contributed by atoms with Crippen molar-refractivity contribution >= 4 is 0 Å². The summed E-state index contributed by atoms with van der Waals surface area (Å²) in [7, 11) is 0. The Balaban J connectivity index is 2.08. The monoisotopic (exact) mass is 186 g/mol. The van der Waals surface area contributed by atoms with Gasteiger partial charge < -0.3 is 4.74 Å². The van der Waals surface area contributed by atoms with Crippen LogP contribution >= 0.6 is 0 Å². The SMILES string of the molecule is Cc1cccc(C#CC2CCCO2)c1. The maximum Gasteiger partial charge on any atom is 0.118 e. The molecule has 14 heavy (non-hydrogen) atoms. The molecule has 1 aliphatic heterocycles. The highest BCUT2D eigenvalue weighted by Gasteiger charge is 2.11. The maximum absolute atomic E-state index is 5.43. The van der Waals surface area contributed by atoms with Crippen LogP contribution in [0.3, 0.4) is 0 Å². The Morgan fingerprint density at radius 1 is 1.43 bits per heavy atom. The Kier molecular flexibility index (Phi) is 2.86. The highest BCUT2D eigenvalue weighted by atomic mass is 16.5. The van der Waals surface area contributed by atoms with Crippen LogP contribution in [0.15, 0.2) is 24.3 Å². The lowest BCUT2D eigenvalue weighted by Crippen LogP contribution is -1.99. The number of rotatable bonds is 0. The lowest BCUT2D eigenvalue weighted by atomic mass is 10.1. The second-order valence-corrected chi connectivity index (χ2v) is 3.64. The van der Waals surface area contributed by atoms with Gasteiger partial charge in [0.2, 0.25) is 0 Å². The van der Waals surface area contributed by atoms with Gasteiger partial charge in [-0.25, -0.2) is 0 Å². The molecule has 1 atom stereocenters. The van der Waals surface area contributed by atoms with Gasteiger partial charge >= 0.3 is 0 Å². The Morgan fingerprint density at radius 3 is 3.07 bits per heavy atom. The van der Waals surface area contributed by atoms with E-state index in [-0.39, 0.29) is 6.10 Å². The second-order valence-electron chi connectivity index (χ2n) is 3.64. The van der Waals surface area contributed by atoms with Crippen molar-refractivity contribution in [2.24, 2.45) is 0 Å². The summed E-state index contributed by atoms with van der Waals surface area (Å²) >= 11 is 0. The molecule has 1 unspecified atom stereocenters. The number of hydrogen-bond acceptors (Lipinski definition) is 1. The fourth-order valence-corrected chi connectivity index (χ4v) is 1.58. The lowest BCUT2D eigenvalue weighted by Gasteiger charge is -1.97. The summed E-state index contributed by atoms with van der Waals surface area (Å²) < 4.78 is 5.43. The average molecular weight is 186 g/mol. The molecule has 1 heteroatoms. The van der Waals surface area contributed by atoms with E-state index < -0.39 is 0 Å². The molecule has 0 radical (unpaired) electrons. The first kappa shape index (κ1) is 9.30. The smallest absolute Gasteiger partial charge is 0.118 e. The predicted octanol–water partition coefficient (Wildman–Crippen LogP) is 2.53. The Hall–Kier alpha value is -1.26. The zero-order valence-corrected chi connectivity index (χ0v) is 8.42. The summed E-state index contributed by atoms with van der Waals surface area (Å²) in [5.74, 6) is 6.31. The molecule has 1 aromatic carbocycles. The van der Waals surface area contributed by atoms with E-state index in [4.69, 9.17) is 4.74 Å². The third-order valence-corrected chi connectivity index (χ3v) is 2.33. The minimum atomic E-state index is 0.163.